The Morgan fingerprint density at radius 2 is 2.12 bits per heavy atom. The van der Waals surface area contributed by atoms with Gasteiger partial charge in [0, 0.05) is 12.4 Å². The first kappa shape index (κ1) is 14.1. The number of nitrogens with zero attached hydrogens (tertiary/aromatic N) is 5. The number of aromatic amines is 2. The second-order valence-electron chi connectivity index (χ2n) is 5.61. The fourth-order valence-electron chi connectivity index (χ4n) is 2.94. The molecule has 0 saturated carbocycles. The van der Waals surface area contributed by atoms with E-state index in [1.54, 1.807) is 11.3 Å². The third-order valence-corrected chi connectivity index (χ3v) is 5.12. The maximum atomic E-state index is 4.91. The summed E-state index contributed by atoms with van der Waals surface area (Å²) < 4.78 is 1.88. The fraction of sp³-hybridized carbons (Fsp3) is 0.0588. The Morgan fingerprint density at radius 1 is 1.16 bits per heavy atom. The van der Waals surface area contributed by atoms with Crippen LogP contribution < -0.4 is 0 Å². The molecule has 0 saturated heterocycles. The number of aryl methyl sites for hydroxylation is 1. The van der Waals surface area contributed by atoms with Crippen molar-refractivity contribution >= 4 is 16.9 Å². The number of thiazole rings is 1. The van der Waals surface area contributed by atoms with Crippen molar-refractivity contribution in [3.05, 3.63) is 54.7 Å². The zero-order valence-electron chi connectivity index (χ0n) is 13.3. The van der Waals surface area contributed by atoms with Crippen LogP contribution in [0.4, 0.5) is 0 Å². The maximum Gasteiger partial charge on any atom is 0.167 e. The quantitative estimate of drug-likeness (QED) is 0.522. The number of pyridine rings is 1. The van der Waals surface area contributed by atoms with Gasteiger partial charge in [0.1, 0.15) is 21.9 Å². The van der Waals surface area contributed by atoms with Gasteiger partial charge in [-0.2, -0.15) is 10.2 Å². The average molecular weight is 347 g/mol. The van der Waals surface area contributed by atoms with Crippen molar-refractivity contribution in [2.45, 2.75) is 6.92 Å². The van der Waals surface area contributed by atoms with Gasteiger partial charge in [-0.15, -0.1) is 11.3 Å². The highest BCUT2D eigenvalue weighted by molar-refractivity contribution is 7.19. The minimum Gasteiger partial charge on any atom is -0.360 e. The van der Waals surface area contributed by atoms with Crippen LogP contribution in [0.15, 0.2) is 49.1 Å². The largest absolute Gasteiger partial charge is 0.360 e. The molecule has 5 rings (SSSR count). The number of hydrogen-bond donors (Lipinski definition) is 2. The van der Waals surface area contributed by atoms with Gasteiger partial charge in [-0.3, -0.25) is 5.10 Å². The molecule has 5 aromatic rings. The summed E-state index contributed by atoms with van der Waals surface area (Å²) in [5.74, 6) is 0.711. The van der Waals surface area contributed by atoms with Crippen LogP contribution in [-0.2, 0) is 0 Å². The van der Waals surface area contributed by atoms with E-state index in [-0.39, 0.29) is 0 Å². The molecule has 5 aromatic heterocycles. The zero-order chi connectivity index (χ0) is 16.8. The molecular formula is C17H13N7S. The van der Waals surface area contributed by atoms with Crippen molar-refractivity contribution in [1.29, 1.82) is 0 Å². The number of fused-ring (bicyclic) bond motifs is 1. The van der Waals surface area contributed by atoms with Crippen LogP contribution >= 0.6 is 11.3 Å². The molecule has 122 valence electrons. The molecule has 0 unspecified atom stereocenters. The van der Waals surface area contributed by atoms with E-state index >= 15 is 0 Å². The van der Waals surface area contributed by atoms with Crippen molar-refractivity contribution in [1.82, 2.24) is 34.8 Å². The molecule has 0 aromatic carbocycles. The standard InChI is InChI=1S/C17H13N7S/c1-10-13(12-6-2-3-8-24(12)23-10)17-21-14(11-5-4-7-18-11)15(25-17)16-19-9-20-22-16/h2-9,18H,1H3,(H,19,20,22). The topological polar surface area (TPSA) is 87.6 Å². The summed E-state index contributed by atoms with van der Waals surface area (Å²) in [5, 5.41) is 12.4. The molecule has 7 nitrogen and oxygen atoms in total. The summed E-state index contributed by atoms with van der Waals surface area (Å²) >= 11 is 1.58. The maximum absolute atomic E-state index is 4.91. The molecule has 2 N–H and O–H groups in total. The average Bonchev–Trinajstić information content (AvgIpc) is 3.38. The smallest absolute Gasteiger partial charge is 0.167 e. The van der Waals surface area contributed by atoms with E-state index in [1.807, 2.05) is 48.1 Å². The monoisotopic (exact) mass is 347 g/mol. The lowest BCUT2D eigenvalue weighted by molar-refractivity contribution is 0.934. The SMILES string of the molecule is Cc1nn2ccccc2c1-c1nc(-c2ccc[nH]2)c(-c2ncn[nH]2)s1. The molecule has 0 radical (unpaired) electrons. The predicted molar refractivity (Wildman–Crippen MR) is 96.2 cm³/mol. The van der Waals surface area contributed by atoms with E-state index in [4.69, 9.17) is 4.98 Å². The number of rotatable bonds is 3. The molecule has 0 aliphatic rings. The molecule has 0 aliphatic carbocycles. The Labute approximate surface area is 146 Å². The van der Waals surface area contributed by atoms with Crippen LogP contribution in [-0.4, -0.2) is 34.8 Å². The summed E-state index contributed by atoms with van der Waals surface area (Å²) in [6, 6.07) is 9.99. The van der Waals surface area contributed by atoms with Gasteiger partial charge in [-0.05, 0) is 31.2 Å². The first-order chi connectivity index (χ1) is 12.3. The second-order valence-corrected chi connectivity index (χ2v) is 6.60. The lowest BCUT2D eigenvalue weighted by atomic mass is 10.2. The molecule has 0 atom stereocenters. The lowest BCUT2D eigenvalue weighted by Gasteiger charge is -1.96. The highest BCUT2D eigenvalue weighted by Crippen LogP contribution is 2.40. The summed E-state index contributed by atoms with van der Waals surface area (Å²) in [7, 11) is 0. The minimum atomic E-state index is 0.711. The third kappa shape index (κ3) is 2.18. The molecular weight excluding hydrogens is 334 g/mol. The number of nitrogens with one attached hydrogen (secondary N) is 2. The first-order valence-electron chi connectivity index (χ1n) is 7.76. The highest BCUT2D eigenvalue weighted by Gasteiger charge is 2.21. The van der Waals surface area contributed by atoms with Gasteiger partial charge in [0.25, 0.3) is 0 Å². The van der Waals surface area contributed by atoms with Crippen molar-refractivity contribution in [3.63, 3.8) is 0 Å². The Balaban J connectivity index is 1.78. The Hall–Kier alpha value is -3.26. The van der Waals surface area contributed by atoms with Crippen LogP contribution in [0.1, 0.15) is 5.69 Å². The Kier molecular flexibility index (Phi) is 3.04. The van der Waals surface area contributed by atoms with Crippen molar-refractivity contribution in [2.24, 2.45) is 0 Å². The van der Waals surface area contributed by atoms with Crippen LogP contribution in [0.2, 0.25) is 0 Å². The summed E-state index contributed by atoms with van der Waals surface area (Å²) in [4.78, 5) is 13.4. The van der Waals surface area contributed by atoms with Crippen molar-refractivity contribution in [2.75, 3.05) is 0 Å². The first-order valence-corrected chi connectivity index (χ1v) is 8.57. The Bertz CT molecular complexity index is 1100. The fourth-order valence-corrected chi connectivity index (χ4v) is 4.08. The van der Waals surface area contributed by atoms with Crippen LogP contribution in [0, 0.1) is 6.92 Å². The van der Waals surface area contributed by atoms with Gasteiger partial charge in [0.15, 0.2) is 5.82 Å². The van der Waals surface area contributed by atoms with E-state index in [9.17, 15) is 0 Å². The third-order valence-electron chi connectivity index (χ3n) is 4.04. The van der Waals surface area contributed by atoms with E-state index in [2.05, 4.69) is 31.3 Å². The summed E-state index contributed by atoms with van der Waals surface area (Å²) in [6.45, 7) is 2.01. The van der Waals surface area contributed by atoms with Gasteiger partial charge >= 0.3 is 0 Å². The van der Waals surface area contributed by atoms with Crippen LogP contribution in [0.5, 0.6) is 0 Å². The van der Waals surface area contributed by atoms with Gasteiger partial charge in [0.05, 0.1) is 22.5 Å². The molecule has 0 bridgehead atoms. The number of aromatic nitrogens is 7. The molecule has 8 heteroatoms. The summed E-state index contributed by atoms with van der Waals surface area (Å²) in [6.07, 6.45) is 5.34. The highest BCUT2D eigenvalue weighted by atomic mass is 32.1. The van der Waals surface area contributed by atoms with Crippen LogP contribution in [0.3, 0.4) is 0 Å². The summed E-state index contributed by atoms with van der Waals surface area (Å²) in [5.41, 5.74) is 4.83. The van der Waals surface area contributed by atoms with Crippen molar-refractivity contribution < 1.29 is 0 Å². The van der Waals surface area contributed by atoms with Crippen molar-refractivity contribution in [3.8, 4) is 32.7 Å². The molecule has 0 amide bonds. The molecule has 0 spiro atoms. The molecule has 0 aliphatic heterocycles. The van der Waals surface area contributed by atoms with Gasteiger partial charge < -0.3 is 4.98 Å². The Morgan fingerprint density at radius 3 is 2.92 bits per heavy atom. The molecule has 25 heavy (non-hydrogen) atoms. The normalized spacial score (nSPS) is 11.4. The second kappa shape index (κ2) is 5.38. The lowest BCUT2D eigenvalue weighted by Crippen LogP contribution is -1.84. The number of H-pyrrole nitrogens is 2. The number of hydrogen-bond acceptors (Lipinski definition) is 5. The van der Waals surface area contributed by atoms with Gasteiger partial charge in [-0.1, -0.05) is 6.07 Å². The predicted octanol–water partition coefficient (Wildman–Crippen LogP) is 3.55. The van der Waals surface area contributed by atoms with E-state index in [0.717, 1.165) is 38.0 Å². The molecule has 0 fully saturated rings. The van der Waals surface area contributed by atoms with Gasteiger partial charge in [0.2, 0.25) is 0 Å². The van der Waals surface area contributed by atoms with E-state index < -0.39 is 0 Å². The van der Waals surface area contributed by atoms with E-state index in [1.165, 1.54) is 6.33 Å². The van der Waals surface area contributed by atoms with Crippen LogP contribution in [0.25, 0.3) is 38.2 Å². The minimum absolute atomic E-state index is 0.711. The molecule has 5 heterocycles. The van der Waals surface area contributed by atoms with Gasteiger partial charge in [-0.25, -0.2) is 14.5 Å². The zero-order valence-corrected chi connectivity index (χ0v) is 14.1. The van der Waals surface area contributed by atoms with E-state index in [0.29, 0.717) is 5.82 Å².